The number of anilines is 1. The van der Waals surface area contributed by atoms with E-state index < -0.39 is 0 Å². The van der Waals surface area contributed by atoms with Gasteiger partial charge < -0.3 is 5.32 Å². The summed E-state index contributed by atoms with van der Waals surface area (Å²) in [6, 6.07) is 2.05. The highest BCUT2D eigenvalue weighted by molar-refractivity contribution is 8.00. The lowest BCUT2D eigenvalue weighted by atomic mass is 10.1. The fourth-order valence-corrected chi connectivity index (χ4v) is 4.01. The van der Waals surface area contributed by atoms with Crippen molar-refractivity contribution in [2.45, 2.75) is 30.4 Å². The van der Waals surface area contributed by atoms with Crippen molar-refractivity contribution in [1.82, 2.24) is 4.98 Å². The van der Waals surface area contributed by atoms with Crippen molar-refractivity contribution in [3.63, 3.8) is 0 Å². The summed E-state index contributed by atoms with van der Waals surface area (Å²) in [5.41, 5.74) is 0. The number of rotatable bonds is 4. The Kier molecular flexibility index (Phi) is 4.18. The number of nitrogens with one attached hydrogen (secondary N) is 1. The van der Waals surface area contributed by atoms with Crippen LogP contribution in [-0.4, -0.2) is 22.5 Å². The molecular formula is C11H14ClN3S2. The summed E-state index contributed by atoms with van der Waals surface area (Å²) in [4.78, 5) is 4.63. The first kappa shape index (κ1) is 13.0. The molecule has 0 spiro atoms. The number of aromatic nitrogens is 1. The van der Waals surface area contributed by atoms with Gasteiger partial charge in [0.05, 0.1) is 0 Å². The van der Waals surface area contributed by atoms with E-state index in [1.807, 2.05) is 17.8 Å². The lowest BCUT2D eigenvalue weighted by Crippen LogP contribution is -2.29. The van der Waals surface area contributed by atoms with E-state index in [0.29, 0.717) is 14.8 Å². The van der Waals surface area contributed by atoms with Gasteiger partial charge in [0.2, 0.25) is 0 Å². The van der Waals surface area contributed by atoms with Gasteiger partial charge in [-0.15, -0.1) is 0 Å². The van der Waals surface area contributed by atoms with Gasteiger partial charge in [0.15, 0.2) is 10.3 Å². The van der Waals surface area contributed by atoms with Crippen LogP contribution in [0.1, 0.15) is 30.6 Å². The SMILES string of the molecule is CSC1(CNc2nc(Cl)c(C#N)s2)CCCC1. The van der Waals surface area contributed by atoms with E-state index in [2.05, 4.69) is 16.6 Å². The van der Waals surface area contributed by atoms with Crippen LogP contribution in [0.5, 0.6) is 0 Å². The maximum absolute atomic E-state index is 8.81. The average molecular weight is 288 g/mol. The fourth-order valence-electron chi connectivity index (χ4n) is 2.16. The first-order chi connectivity index (χ1) is 8.19. The lowest BCUT2D eigenvalue weighted by Gasteiger charge is -2.26. The molecule has 0 saturated heterocycles. The summed E-state index contributed by atoms with van der Waals surface area (Å²) in [5, 5.41) is 13.2. The standard InChI is InChI=1S/C11H14ClN3S2/c1-16-11(4-2-3-5-11)7-14-10-15-9(12)8(6-13)17-10/h2-5,7H2,1H3,(H,14,15). The molecule has 0 unspecified atom stereocenters. The van der Waals surface area contributed by atoms with Gasteiger partial charge in [0.1, 0.15) is 10.9 Å². The summed E-state index contributed by atoms with van der Waals surface area (Å²) < 4.78 is 0.338. The van der Waals surface area contributed by atoms with Crippen LogP contribution in [0.4, 0.5) is 5.13 Å². The van der Waals surface area contributed by atoms with E-state index in [-0.39, 0.29) is 0 Å². The Labute approximate surface area is 115 Å². The first-order valence-electron chi connectivity index (χ1n) is 5.54. The molecule has 0 aliphatic heterocycles. The predicted molar refractivity (Wildman–Crippen MR) is 75.0 cm³/mol. The van der Waals surface area contributed by atoms with Crippen molar-refractivity contribution in [2.75, 3.05) is 18.1 Å². The second kappa shape index (κ2) is 5.47. The molecule has 1 aliphatic carbocycles. The highest BCUT2D eigenvalue weighted by Gasteiger charge is 2.32. The van der Waals surface area contributed by atoms with Crippen LogP contribution in [0.3, 0.4) is 0 Å². The Balaban J connectivity index is 1.99. The number of thioether (sulfide) groups is 1. The van der Waals surface area contributed by atoms with Crippen molar-refractivity contribution < 1.29 is 0 Å². The quantitative estimate of drug-likeness (QED) is 0.916. The smallest absolute Gasteiger partial charge is 0.185 e. The zero-order chi connectivity index (χ0) is 12.3. The van der Waals surface area contributed by atoms with Crippen molar-refractivity contribution in [3.05, 3.63) is 10.0 Å². The minimum absolute atomic E-state index is 0.310. The molecule has 1 aromatic heterocycles. The number of hydrogen-bond acceptors (Lipinski definition) is 5. The summed E-state index contributed by atoms with van der Waals surface area (Å²) in [7, 11) is 0. The molecule has 92 valence electrons. The molecule has 6 heteroatoms. The van der Waals surface area contributed by atoms with E-state index >= 15 is 0 Å². The third-order valence-electron chi connectivity index (χ3n) is 3.20. The zero-order valence-electron chi connectivity index (χ0n) is 9.62. The van der Waals surface area contributed by atoms with Crippen LogP contribution < -0.4 is 5.32 Å². The Morgan fingerprint density at radius 1 is 1.59 bits per heavy atom. The molecule has 3 nitrogen and oxygen atoms in total. The normalized spacial score (nSPS) is 17.9. The van der Waals surface area contributed by atoms with Gasteiger partial charge in [-0.1, -0.05) is 35.8 Å². The molecule has 0 radical (unpaired) electrons. The molecule has 1 heterocycles. The summed E-state index contributed by atoms with van der Waals surface area (Å²) in [6.07, 6.45) is 7.30. The van der Waals surface area contributed by atoms with Gasteiger partial charge in [-0.25, -0.2) is 4.98 Å². The van der Waals surface area contributed by atoms with E-state index in [0.717, 1.165) is 11.7 Å². The minimum Gasteiger partial charge on any atom is -0.360 e. The molecule has 0 atom stereocenters. The fraction of sp³-hybridized carbons (Fsp3) is 0.636. The maximum atomic E-state index is 8.81. The Hall–Kier alpha value is -0.440. The van der Waals surface area contributed by atoms with Crippen LogP contribution in [0.25, 0.3) is 0 Å². The van der Waals surface area contributed by atoms with Crippen molar-refractivity contribution in [1.29, 1.82) is 5.26 Å². The highest BCUT2D eigenvalue weighted by Crippen LogP contribution is 2.40. The third-order valence-corrected chi connectivity index (χ3v) is 5.92. The molecule has 1 aromatic rings. The Bertz CT molecular complexity index is 432. The number of halogens is 1. The molecule has 0 aromatic carbocycles. The Morgan fingerprint density at radius 3 is 2.82 bits per heavy atom. The van der Waals surface area contributed by atoms with Gasteiger partial charge in [0, 0.05) is 11.3 Å². The summed E-state index contributed by atoms with van der Waals surface area (Å²) in [5.74, 6) is 0. The number of hydrogen-bond donors (Lipinski definition) is 1. The van der Waals surface area contributed by atoms with Gasteiger partial charge in [-0.2, -0.15) is 17.0 Å². The van der Waals surface area contributed by atoms with Crippen molar-refractivity contribution in [2.24, 2.45) is 0 Å². The first-order valence-corrected chi connectivity index (χ1v) is 7.96. The van der Waals surface area contributed by atoms with Crippen LogP contribution >= 0.6 is 34.7 Å². The number of thiazole rings is 1. The topological polar surface area (TPSA) is 48.7 Å². The van der Waals surface area contributed by atoms with Gasteiger partial charge in [0.25, 0.3) is 0 Å². The average Bonchev–Trinajstić information content (AvgIpc) is 2.94. The lowest BCUT2D eigenvalue weighted by molar-refractivity contribution is 0.639. The van der Waals surface area contributed by atoms with Gasteiger partial charge in [-0.05, 0) is 19.1 Å². The maximum Gasteiger partial charge on any atom is 0.185 e. The largest absolute Gasteiger partial charge is 0.360 e. The minimum atomic E-state index is 0.310. The second-order valence-corrected chi connectivity index (χ2v) is 6.83. The number of nitriles is 1. The molecular weight excluding hydrogens is 274 g/mol. The van der Waals surface area contributed by atoms with Crippen LogP contribution in [0.15, 0.2) is 0 Å². The van der Waals surface area contributed by atoms with Crippen molar-refractivity contribution >= 4 is 39.8 Å². The van der Waals surface area contributed by atoms with E-state index in [9.17, 15) is 0 Å². The monoisotopic (exact) mass is 287 g/mol. The van der Waals surface area contributed by atoms with Gasteiger partial charge in [-0.3, -0.25) is 0 Å². The zero-order valence-corrected chi connectivity index (χ0v) is 12.0. The van der Waals surface area contributed by atoms with Crippen LogP contribution in [0.2, 0.25) is 5.15 Å². The highest BCUT2D eigenvalue weighted by atomic mass is 35.5. The van der Waals surface area contributed by atoms with Crippen molar-refractivity contribution in [3.8, 4) is 6.07 Å². The molecule has 0 amide bonds. The van der Waals surface area contributed by atoms with Gasteiger partial charge >= 0.3 is 0 Å². The molecule has 17 heavy (non-hydrogen) atoms. The molecule has 1 fully saturated rings. The van der Waals surface area contributed by atoms with E-state index in [4.69, 9.17) is 16.9 Å². The number of nitrogens with zero attached hydrogens (tertiary/aromatic N) is 2. The summed E-state index contributed by atoms with van der Waals surface area (Å²) in [6.45, 7) is 0.906. The molecule has 1 aliphatic rings. The molecule has 0 bridgehead atoms. The molecule has 1 saturated carbocycles. The summed E-state index contributed by atoms with van der Waals surface area (Å²) >= 11 is 9.10. The van der Waals surface area contributed by atoms with E-state index in [1.54, 1.807) is 0 Å². The second-order valence-electron chi connectivity index (χ2n) is 4.20. The van der Waals surface area contributed by atoms with Crippen LogP contribution in [-0.2, 0) is 0 Å². The van der Waals surface area contributed by atoms with Crippen LogP contribution in [0, 0.1) is 11.3 Å². The Morgan fingerprint density at radius 2 is 2.29 bits per heavy atom. The van der Waals surface area contributed by atoms with E-state index in [1.165, 1.54) is 37.0 Å². The molecule has 2 rings (SSSR count). The molecule has 1 N–H and O–H groups in total. The third kappa shape index (κ3) is 2.87. The predicted octanol–water partition coefficient (Wildman–Crippen LogP) is 3.76.